The third-order valence-electron chi connectivity index (χ3n) is 8.42. The van der Waals surface area contributed by atoms with Gasteiger partial charge in [0.2, 0.25) is 0 Å². The Kier molecular flexibility index (Phi) is 7.72. The molecule has 5 nitrogen and oxygen atoms in total. The van der Waals surface area contributed by atoms with E-state index in [1.807, 2.05) is 6.08 Å². The first kappa shape index (κ1) is 26.6. The Bertz CT molecular complexity index is 1140. The molecule has 0 saturated carbocycles. The maximum atomic E-state index is 9.52. The van der Waals surface area contributed by atoms with Crippen LogP contribution in [0.15, 0.2) is 29.0 Å². The Morgan fingerprint density at radius 3 is 2.36 bits per heavy atom. The molecule has 3 heterocycles. The number of halogens is 1. The molecule has 1 saturated heterocycles. The highest BCUT2D eigenvalue weighted by Gasteiger charge is 2.34. The predicted octanol–water partition coefficient (Wildman–Crippen LogP) is 6.87. The van der Waals surface area contributed by atoms with E-state index in [1.165, 1.54) is 61.1 Å². The van der Waals surface area contributed by atoms with Crippen LogP contribution in [-0.4, -0.2) is 23.6 Å². The van der Waals surface area contributed by atoms with Gasteiger partial charge in [-0.1, -0.05) is 46.2 Å². The van der Waals surface area contributed by atoms with E-state index in [0.29, 0.717) is 5.57 Å². The number of fused-ring (bicyclic) bond motifs is 1. The Morgan fingerprint density at radius 2 is 1.69 bits per heavy atom. The zero-order chi connectivity index (χ0) is 26.1. The largest absolute Gasteiger partial charge is 0.368 e. The predicted molar refractivity (Wildman–Crippen MR) is 147 cm³/mol. The van der Waals surface area contributed by atoms with Gasteiger partial charge in [-0.3, -0.25) is 0 Å². The quantitative estimate of drug-likeness (QED) is 0.333. The number of anilines is 1. The molecule has 0 bridgehead atoms. The Hall–Kier alpha value is -2.50. The van der Waals surface area contributed by atoms with Crippen molar-refractivity contribution in [3.05, 3.63) is 45.8 Å². The normalized spacial score (nSPS) is 24.6. The lowest BCUT2D eigenvalue weighted by Gasteiger charge is -2.38. The number of hydrogen-bond acceptors (Lipinski definition) is 5. The minimum atomic E-state index is -0.355. The molecule has 4 aliphatic rings. The van der Waals surface area contributed by atoms with Crippen LogP contribution in [0.5, 0.6) is 0 Å². The zero-order valence-corrected chi connectivity index (χ0v) is 23.3. The molecule has 0 spiro atoms. The van der Waals surface area contributed by atoms with Gasteiger partial charge in [0.25, 0.3) is 0 Å². The second-order valence-corrected chi connectivity index (χ2v) is 12.7. The first-order chi connectivity index (χ1) is 17.1. The van der Waals surface area contributed by atoms with Gasteiger partial charge in [0.1, 0.15) is 17.4 Å². The van der Waals surface area contributed by atoms with Gasteiger partial charge >= 0.3 is 0 Å². The molecule has 36 heavy (non-hydrogen) atoms. The van der Waals surface area contributed by atoms with Crippen molar-refractivity contribution in [3.63, 3.8) is 0 Å². The fraction of sp³-hybridized carbons (Fsp3) is 0.633. The van der Waals surface area contributed by atoms with Crippen molar-refractivity contribution >= 4 is 17.4 Å². The molecule has 2 aliphatic carbocycles. The number of hydrogen-bond donors (Lipinski definition) is 1. The minimum absolute atomic E-state index is 0.138. The monoisotopic (exact) mass is 505 g/mol. The topological polar surface area (TPSA) is 75.7 Å². The Labute approximate surface area is 222 Å². The third kappa shape index (κ3) is 5.42. The number of nitriles is 2. The van der Waals surface area contributed by atoms with Crippen LogP contribution < -0.4 is 10.2 Å². The third-order valence-corrected chi connectivity index (χ3v) is 8.77. The summed E-state index contributed by atoms with van der Waals surface area (Å²) in [7, 11) is 0. The van der Waals surface area contributed by atoms with Crippen molar-refractivity contribution in [3.8, 4) is 12.1 Å². The van der Waals surface area contributed by atoms with Crippen LogP contribution in [0, 0.1) is 34.0 Å². The minimum Gasteiger partial charge on any atom is -0.368 e. The van der Waals surface area contributed by atoms with Gasteiger partial charge in [0.15, 0.2) is 0 Å². The maximum Gasteiger partial charge on any atom is 0.146 e. The standard InChI is InChI=1S/C18H25N3.C12H15ClN2/c1-13-6-9-21(10-7-13)17-15(12-19)11-14-5-4-8-18(2,3)16(14)20-17;1-12(2)5-3-4-8-6-9(7-14)11(13)15-10(8)12/h11,13H,4-10H2,1-3H3;6,11,15H,3-5H2,1-2H3. The molecule has 192 valence electrons. The second kappa shape index (κ2) is 10.5. The number of nitrogens with zero attached hydrogens (tertiary/aromatic N) is 4. The highest BCUT2D eigenvalue weighted by Crippen LogP contribution is 2.42. The molecule has 0 radical (unpaired) electrons. The van der Waals surface area contributed by atoms with Crippen molar-refractivity contribution in [1.29, 1.82) is 10.5 Å². The molecular formula is C30H40ClN5. The van der Waals surface area contributed by atoms with Crippen LogP contribution in [0.4, 0.5) is 5.82 Å². The zero-order valence-electron chi connectivity index (χ0n) is 22.5. The van der Waals surface area contributed by atoms with Crippen LogP contribution in [-0.2, 0) is 11.8 Å². The molecule has 1 fully saturated rings. The molecule has 6 heteroatoms. The van der Waals surface area contributed by atoms with Gasteiger partial charge < -0.3 is 10.2 Å². The van der Waals surface area contributed by atoms with Crippen LogP contribution in [0.3, 0.4) is 0 Å². The average Bonchev–Trinajstić information content (AvgIpc) is 2.84. The molecule has 1 aromatic heterocycles. The van der Waals surface area contributed by atoms with E-state index in [2.05, 4.69) is 63.0 Å². The summed E-state index contributed by atoms with van der Waals surface area (Å²) in [5.41, 5.74) is 6.35. The molecular weight excluding hydrogens is 466 g/mol. The Balaban J connectivity index is 0.000000179. The van der Waals surface area contributed by atoms with Crippen molar-refractivity contribution < 1.29 is 0 Å². The Morgan fingerprint density at radius 1 is 1.03 bits per heavy atom. The molecule has 1 atom stereocenters. The summed E-state index contributed by atoms with van der Waals surface area (Å²) in [6, 6.07) is 6.63. The maximum absolute atomic E-state index is 9.52. The first-order valence-electron chi connectivity index (χ1n) is 13.5. The van der Waals surface area contributed by atoms with Gasteiger partial charge in [0, 0.05) is 29.6 Å². The number of aryl methyl sites for hydroxylation is 1. The average molecular weight is 506 g/mol. The summed E-state index contributed by atoms with van der Waals surface area (Å²) in [5.74, 6) is 1.72. The van der Waals surface area contributed by atoms with Gasteiger partial charge in [-0.15, -0.1) is 0 Å². The lowest BCUT2D eigenvalue weighted by molar-refractivity contribution is 0.341. The van der Waals surface area contributed by atoms with Crippen molar-refractivity contribution in [2.24, 2.45) is 11.3 Å². The van der Waals surface area contributed by atoms with E-state index in [4.69, 9.17) is 21.8 Å². The molecule has 1 aromatic rings. The number of rotatable bonds is 1. The molecule has 2 aliphatic heterocycles. The molecule has 0 amide bonds. The molecule has 1 N–H and O–H groups in total. The smallest absolute Gasteiger partial charge is 0.146 e. The summed E-state index contributed by atoms with van der Waals surface area (Å²) >= 11 is 6.09. The fourth-order valence-corrected chi connectivity index (χ4v) is 6.32. The van der Waals surface area contributed by atoms with Crippen molar-refractivity contribution in [2.75, 3.05) is 18.0 Å². The SMILES string of the molecule is CC1(C)CCCC2=C1NC(Cl)C(C#N)=C2.CC1CCN(c2nc3c(cc2C#N)CCCC3(C)C)CC1. The number of aromatic nitrogens is 1. The van der Waals surface area contributed by atoms with Gasteiger partial charge in [-0.2, -0.15) is 10.5 Å². The van der Waals surface area contributed by atoms with Crippen molar-refractivity contribution in [2.45, 2.75) is 96.9 Å². The molecule has 1 unspecified atom stereocenters. The summed E-state index contributed by atoms with van der Waals surface area (Å²) in [6.45, 7) is 13.4. The number of nitrogens with one attached hydrogen (secondary N) is 1. The highest BCUT2D eigenvalue weighted by atomic mass is 35.5. The van der Waals surface area contributed by atoms with Crippen LogP contribution in [0.2, 0.25) is 0 Å². The lowest BCUT2D eigenvalue weighted by Crippen LogP contribution is -2.38. The van der Waals surface area contributed by atoms with E-state index in [1.54, 1.807) is 0 Å². The highest BCUT2D eigenvalue weighted by molar-refractivity contribution is 6.22. The number of piperidine rings is 1. The van der Waals surface area contributed by atoms with E-state index in [-0.39, 0.29) is 16.3 Å². The van der Waals surface area contributed by atoms with E-state index >= 15 is 0 Å². The van der Waals surface area contributed by atoms with E-state index in [0.717, 1.165) is 43.2 Å². The summed E-state index contributed by atoms with van der Waals surface area (Å²) < 4.78 is 0. The molecule has 0 aromatic carbocycles. The van der Waals surface area contributed by atoms with Gasteiger partial charge in [-0.05, 0) is 80.6 Å². The number of alkyl halides is 1. The van der Waals surface area contributed by atoms with Crippen molar-refractivity contribution in [1.82, 2.24) is 10.3 Å². The van der Waals surface area contributed by atoms with E-state index < -0.39 is 0 Å². The second-order valence-electron chi connectivity index (χ2n) is 12.2. The van der Waals surface area contributed by atoms with Crippen LogP contribution >= 0.6 is 11.6 Å². The van der Waals surface area contributed by atoms with Crippen LogP contribution in [0.25, 0.3) is 0 Å². The summed E-state index contributed by atoms with van der Waals surface area (Å²) in [6.07, 6.45) is 11.2. The van der Waals surface area contributed by atoms with Crippen LogP contribution in [0.1, 0.15) is 96.4 Å². The lowest BCUT2D eigenvalue weighted by atomic mass is 9.75. The number of pyridine rings is 1. The first-order valence-corrected chi connectivity index (χ1v) is 13.9. The molecule has 5 rings (SSSR count). The summed E-state index contributed by atoms with van der Waals surface area (Å²) in [5, 5.41) is 21.7. The summed E-state index contributed by atoms with van der Waals surface area (Å²) in [4.78, 5) is 7.31. The van der Waals surface area contributed by atoms with Gasteiger partial charge in [0.05, 0.1) is 22.9 Å². The fourth-order valence-electron chi connectivity index (χ4n) is 6.10. The van der Waals surface area contributed by atoms with Gasteiger partial charge in [-0.25, -0.2) is 4.98 Å². The number of allylic oxidation sites excluding steroid dienone is 3. The van der Waals surface area contributed by atoms with E-state index in [9.17, 15) is 5.26 Å². The number of dihydropyridines is 1.